The van der Waals surface area contributed by atoms with Crippen LogP contribution in [0.4, 0.5) is 0 Å². The molecule has 0 aromatic heterocycles. The highest BCUT2D eigenvalue weighted by Crippen LogP contribution is 2.75. The zero-order chi connectivity index (χ0) is 24.6. The van der Waals surface area contributed by atoms with E-state index in [1.54, 1.807) is 0 Å². The van der Waals surface area contributed by atoms with E-state index in [4.69, 9.17) is 0 Å². The lowest BCUT2D eigenvalue weighted by atomic mass is 9.41. The first-order valence-corrected chi connectivity index (χ1v) is 13.7. The number of aliphatic hydroxyl groups excluding tert-OH is 2. The topological polar surface area (TPSA) is 57.5 Å². The third-order valence-corrected chi connectivity index (χ3v) is 12.4. The van der Waals surface area contributed by atoms with E-state index in [0.29, 0.717) is 24.0 Å². The summed E-state index contributed by atoms with van der Waals surface area (Å²) in [6.45, 7) is 18.0. The van der Waals surface area contributed by atoms with Gasteiger partial charge in [-0.1, -0.05) is 53.2 Å². The van der Waals surface area contributed by atoms with Crippen molar-refractivity contribution in [3.8, 4) is 0 Å². The molecule has 0 bridgehead atoms. The molecule has 0 amide bonds. The molecule has 2 N–H and O–H groups in total. The Bertz CT molecular complexity index is 824. The van der Waals surface area contributed by atoms with Crippen molar-refractivity contribution in [2.45, 2.75) is 125 Å². The Morgan fingerprint density at radius 1 is 0.970 bits per heavy atom. The van der Waals surface area contributed by atoms with E-state index in [2.05, 4.69) is 61.5 Å². The van der Waals surface area contributed by atoms with E-state index < -0.39 is 11.5 Å². The van der Waals surface area contributed by atoms with E-state index in [9.17, 15) is 15.0 Å². The van der Waals surface area contributed by atoms with Gasteiger partial charge in [-0.2, -0.15) is 0 Å². The van der Waals surface area contributed by atoms with Crippen LogP contribution in [-0.2, 0) is 4.79 Å². The van der Waals surface area contributed by atoms with E-state index in [0.717, 1.165) is 44.9 Å². The fourth-order valence-corrected chi connectivity index (χ4v) is 9.90. The average molecular weight is 459 g/mol. The highest BCUT2D eigenvalue weighted by atomic mass is 16.3. The van der Waals surface area contributed by atoms with Gasteiger partial charge in [0, 0.05) is 5.41 Å². The van der Waals surface area contributed by atoms with Crippen molar-refractivity contribution in [2.75, 3.05) is 0 Å². The van der Waals surface area contributed by atoms with Gasteiger partial charge in [-0.15, -0.1) is 0 Å². The zero-order valence-corrected chi connectivity index (χ0v) is 22.6. The molecule has 0 heterocycles. The monoisotopic (exact) mass is 458 g/mol. The van der Waals surface area contributed by atoms with Crippen molar-refractivity contribution < 1.29 is 15.0 Å². The molecule has 0 aromatic carbocycles. The molecule has 9 atom stereocenters. The first-order valence-electron chi connectivity index (χ1n) is 13.7. The molecule has 4 rings (SSSR count). The summed E-state index contributed by atoms with van der Waals surface area (Å²) in [4.78, 5) is 14.8. The number of rotatable bonds is 4. The summed E-state index contributed by atoms with van der Waals surface area (Å²) in [6, 6.07) is 0. The minimum Gasteiger partial charge on any atom is -0.393 e. The summed E-state index contributed by atoms with van der Waals surface area (Å²) in [5.74, 6) is 1.73. The molecular formula is C30H50O3. The molecule has 0 aliphatic heterocycles. The van der Waals surface area contributed by atoms with Crippen LogP contribution in [0.25, 0.3) is 0 Å². The third kappa shape index (κ3) is 3.16. The Morgan fingerprint density at radius 2 is 1.64 bits per heavy atom. The van der Waals surface area contributed by atoms with E-state index >= 15 is 0 Å². The van der Waals surface area contributed by atoms with Crippen LogP contribution in [0, 0.1) is 44.8 Å². The van der Waals surface area contributed by atoms with Gasteiger partial charge in [-0.05, 0) is 106 Å². The number of fused-ring (bicyclic) bond motifs is 3. The van der Waals surface area contributed by atoms with Gasteiger partial charge >= 0.3 is 0 Å². The van der Waals surface area contributed by atoms with Crippen LogP contribution < -0.4 is 0 Å². The molecule has 0 unspecified atom stereocenters. The molecule has 1 spiro atoms. The third-order valence-electron chi connectivity index (χ3n) is 12.4. The van der Waals surface area contributed by atoms with Gasteiger partial charge in [0.15, 0.2) is 0 Å². The zero-order valence-electron chi connectivity index (χ0n) is 22.6. The van der Waals surface area contributed by atoms with Gasteiger partial charge in [0.05, 0.1) is 17.6 Å². The fourth-order valence-electron chi connectivity index (χ4n) is 9.90. The van der Waals surface area contributed by atoms with Gasteiger partial charge in [-0.3, -0.25) is 4.79 Å². The minimum absolute atomic E-state index is 0.0115. The van der Waals surface area contributed by atoms with Crippen molar-refractivity contribution in [1.82, 2.24) is 0 Å². The van der Waals surface area contributed by atoms with Crippen molar-refractivity contribution >= 4 is 5.78 Å². The molecule has 33 heavy (non-hydrogen) atoms. The Kier molecular flexibility index (Phi) is 6.10. The Morgan fingerprint density at radius 3 is 2.27 bits per heavy atom. The highest BCUT2D eigenvalue weighted by Gasteiger charge is 2.76. The van der Waals surface area contributed by atoms with Crippen LogP contribution in [0.15, 0.2) is 11.6 Å². The molecule has 188 valence electrons. The fraction of sp³-hybridized carbons (Fsp3) is 0.900. The summed E-state index contributed by atoms with van der Waals surface area (Å²) in [5, 5.41) is 22.5. The molecule has 0 radical (unpaired) electrons. The van der Waals surface area contributed by atoms with Crippen LogP contribution in [0.5, 0.6) is 0 Å². The van der Waals surface area contributed by atoms with Gasteiger partial charge in [0.25, 0.3) is 0 Å². The number of allylic oxidation sites excluding steroid dienone is 2. The van der Waals surface area contributed by atoms with Crippen LogP contribution >= 0.6 is 0 Å². The molecular weight excluding hydrogens is 408 g/mol. The van der Waals surface area contributed by atoms with Gasteiger partial charge in [-0.25, -0.2) is 0 Å². The van der Waals surface area contributed by atoms with Crippen LogP contribution in [0.1, 0.15) is 113 Å². The first kappa shape index (κ1) is 25.4. The summed E-state index contributed by atoms with van der Waals surface area (Å²) >= 11 is 0. The molecule has 4 aliphatic rings. The molecule has 3 heteroatoms. The number of ketones is 1. The molecule has 0 aromatic rings. The molecule has 4 saturated carbocycles. The lowest BCUT2D eigenvalue weighted by Gasteiger charge is -2.62. The normalized spacial score (nSPS) is 49.6. The number of hydrogen-bond acceptors (Lipinski definition) is 3. The summed E-state index contributed by atoms with van der Waals surface area (Å²) in [6.07, 6.45) is 9.91. The number of carbonyl (C=O) groups is 1. The predicted molar refractivity (Wildman–Crippen MR) is 135 cm³/mol. The molecule has 4 fully saturated rings. The van der Waals surface area contributed by atoms with Crippen molar-refractivity contribution in [1.29, 1.82) is 0 Å². The maximum absolute atomic E-state index is 14.8. The minimum atomic E-state index is -0.649. The Labute approximate surface area is 202 Å². The average Bonchev–Trinajstić information content (AvgIpc) is 3.13. The van der Waals surface area contributed by atoms with E-state index in [1.165, 1.54) is 12.0 Å². The SMILES string of the molecule is CC(C)=CCC[C@@H](C)[C@@H]1CC[C@]2(C)C(=O)[C@]3(CC[C@@]12C)[C@@H](O)C[C@H]1C(C)(C)[C@@H](O)CC[C@@]13C. The highest BCUT2D eigenvalue weighted by molar-refractivity contribution is 5.94. The van der Waals surface area contributed by atoms with Crippen LogP contribution in [0.3, 0.4) is 0 Å². The maximum atomic E-state index is 14.8. The second-order valence-corrected chi connectivity index (χ2v) is 14.1. The number of Topliss-reactive ketones (excluding diaryl/α,β-unsaturated/α-hetero) is 1. The predicted octanol–water partition coefficient (Wildman–Crippen LogP) is 6.71. The van der Waals surface area contributed by atoms with Gasteiger partial charge < -0.3 is 10.2 Å². The summed E-state index contributed by atoms with van der Waals surface area (Å²) in [7, 11) is 0. The first-order chi connectivity index (χ1) is 15.2. The van der Waals surface area contributed by atoms with E-state index in [1.807, 2.05) is 0 Å². The number of carbonyl (C=O) groups excluding carboxylic acids is 1. The summed E-state index contributed by atoms with van der Waals surface area (Å²) in [5.41, 5.74) is -0.111. The van der Waals surface area contributed by atoms with Crippen molar-refractivity contribution in [3.05, 3.63) is 11.6 Å². The second kappa shape index (κ2) is 7.92. The lowest BCUT2D eigenvalue weighted by molar-refractivity contribution is -0.186. The van der Waals surface area contributed by atoms with Gasteiger partial charge in [0.2, 0.25) is 0 Å². The lowest BCUT2D eigenvalue weighted by Crippen LogP contribution is -2.64. The molecule has 0 saturated heterocycles. The Hall–Kier alpha value is -0.670. The standard InChI is InChI=1S/C30H50O3/c1-19(2)10-9-11-20(3)21-12-14-29(8)25(33)30(17-16-27(21,29)6)24(32)18-22-26(4,5)23(31)13-15-28(22,30)7/h10,20-24,31-32H,9,11-18H2,1-8H3/t20-,21+,22+,23+,24+,27+,28+,29-,30+/m1/s1. The summed E-state index contributed by atoms with van der Waals surface area (Å²) < 4.78 is 0. The van der Waals surface area contributed by atoms with Crippen molar-refractivity contribution in [3.63, 3.8) is 0 Å². The quantitative estimate of drug-likeness (QED) is 0.460. The van der Waals surface area contributed by atoms with Gasteiger partial charge in [0.1, 0.15) is 5.78 Å². The van der Waals surface area contributed by atoms with Crippen LogP contribution in [0.2, 0.25) is 0 Å². The second-order valence-electron chi connectivity index (χ2n) is 14.1. The van der Waals surface area contributed by atoms with Crippen molar-refractivity contribution in [2.24, 2.45) is 44.8 Å². The smallest absolute Gasteiger partial charge is 0.148 e. The maximum Gasteiger partial charge on any atom is 0.148 e. The Balaban J connectivity index is 1.67. The largest absolute Gasteiger partial charge is 0.393 e. The molecule has 4 aliphatic carbocycles. The molecule has 3 nitrogen and oxygen atoms in total. The number of hydrogen-bond donors (Lipinski definition) is 2. The van der Waals surface area contributed by atoms with Crippen LogP contribution in [-0.4, -0.2) is 28.2 Å². The number of aliphatic hydroxyl groups is 2. The van der Waals surface area contributed by atoms with E-state index in [-0.39, 0.29) is 33.7 Å².